The van der Waals surface area contributed by atoms with E-state index in [1.165, 1.54) is 5.69 Å². The predicted octanol–water partition coefficient (Wildman–Crippen LogP) is 2.85. The maximum Gasteiger partial charge on any atom is 0.407 e. The molecular formula is C16H24N4O2S. The molecule has 1 fully saturated rings. The molecule has 2 aromatic heterocycles. The lowest BCUT2D eigenvalue weighted by molar-refractivity contribution is 0.0465. The average molecular weight is 336 g/mol. The first-order valence-electron chi connectivity index (χ1n) is 7.96. The van der Waals surface area contributed by atoms with E-state index in [9.17, 15) is 4.79 Å². The molecule has 2 N–H and O–H groups in total. The van der Waals surface area contributed by atoms with Crippen molar-refractivity contribution in [1.29, 1.82) is 0 Å². The van der Waals surface area contributed by atoms with Gasteiger partial charge in [-0.15, -0.1) is 11.3 Å². The third kappa shape index (κ3) is 3.84. The molecule has 0 spiro atoms. The Morgan fingerprint density at radius 3 is 2.87 bits per heavy atom. The van der Waals surface area contributed by atoms with Gasteiger partial charge in [-0.25, -0.2) is 9.78 Å². The highest BCUT2D eigenvalue weighted by Gasteiger charge is 2.31. The van der Waals surface area contributed by atoms with E-state index in [0.29, 0.717) is 6.04 Å². The van der Waals surface area contributed by atoms with E-state index in [1.54, 1.807) is 11.3 Å². The first kappa shape index (κ1) is 16.3. The summed E-state index contributed by atoms with van der Waals surface area (Å²) in [4.78, 5) is 17.3. The number of rotatable bonds is 4. The molecule has 0 aromatic carbocycles. The summed E-state index contributed by atoms with van der Waals surface area (Å²) in [5.74, 6) is 0. The zero-order valence-electron chi connectivity index (χ0n) is 14.0. The number of aryl methyl sites for hydroxylation is 1. The predicted molar refractivity (Wildman–Crippen MR) is 90.8 cm³/mol. The van der Waals surface area contributed by atoms with Crippen molar-refractivity contribution in [2.45, 2.75) is 64.8 Å². The van der Waals surface area contributed by atoms with Gasteiger partial charge in [0.1, 0.15) is 5.60 Å². The van der Waals surface area contributed by atoms with Crippen LogP contribution >= 0.6 is 11.3 Å². The molecule has 3 rings (SSSR count). The summed E-state index contributed by atoms with van der Waals surface area (Å²) in [7, 11) is 0. The summed E-state index contributed by atoms with van der Waals surface area (Å²) in [6, 6.07) is 0.633. The van der Waals surface area contributed by atoms with E-state index < -0.39 is 5.60 Å². The summed E-state index contributed by atoms with van der Waals surface area (Å²) >= 11 is 1.65. The van der Waals surface area contributed by atoms with Crippen molar-refractivity contribution in [2.24, 2.45) is 0 Å². The van der Waals surface area contributed by atoms with Crippen LogP contribution in [0.25, 0.3) is 4.96 Å². The van der Waals surface area contributed by atoms with Gasteiger partial charge in [0.25, 0.3) is 0 Å². The van der Waals surface area contributed by atoms with E-state index >= 15 is 0 Å². The van der Waals surface area contributed by atoms with Gasteiger partial charge in [0, 0.05) is 30.2 Å². The van der Waals surface area contributed by atoms with Crippen molar-refractivity contribution in [2.75, 3.05) is 0 Å². The normalized spacial score (nSPS) is 21.2. The largest absolute Gasteiger partial charge is 0.444 e. The molecule has 23 heavy (non-hydrogen) atoms. The van der Waals surface area contributed by atoms with E-state index in [0.717, 1.165) is 30.0 Å². The van der Waals surface area contributed by atoms with E-state index in [-0.39, 0.29) is 12.1 Å². The fourth-order valence-electron chi connectivity index (χ4n) is 2.77. The van der Waals surface area contributed by atoms with E-state index in [2.05, 4.69) is 31.6 Å². The zero-order valence-corrected chi connectivity index (χ0v) is 14.9. The highest BCUT2D eigenvalue weighted by molar-refractivity contribution is 7.15. The van der Waals surface area contributed by atoms with Gasteiger partial charge in [0.15, 0.2) is 4.96 Å². The van der Waals surface area contributed by atoms with Gasteiger partial charge in [0.2, 0.25) is 0 Å². The van der Waals surface area contributed by atoms with Crippen LogP contribution in [-0.4, -0.2) is 33.2 Å². The molecule has 1 amide bonds. The number of nitrogens with one attached hydrogen (secondary N) is 2. The summed E-state index contributed by atoms with van der Waals surface area (Å²) in [6.45, 7) is 8.46. The van der Waals surface area contributed by atoms with Gasteiger partial charge >= 0.3 is 6.09 Å². The van der Waals surface area contributed by atoms with Gasteiger partial charge in [0.05, 0.1) is 11.4 Å². The molecule has 0 bridgehead atoms. The number of alkyl carbamates (subject to hydrolysis) is 1. The molecule has 0 unspecified atom stereocenters. The molecular weight excluding hydrogens is 312 g/mol. The lowest BCUT2D eigenvalue weighted by Crippen LogP contribution is -2.53. The summed E-state index contributed by atoms with van der Waals surface area (Å²) < 4.78 is 7.41. The Kier molecular flexibility index (Phi) is 4.33. The van der Waals surface area contributed by atoms with Crippen molar-refractivity contribution >= 4 is 22.4 Å². The number of nitrogens with zero attached hydrogens (tertiary/aromatic N) is 2. The van der Waals surface area contributed by atoms with Crippen molar-refractivity contribution in [1.82, 2.24) is 20.0 Å². The minimum atomic E-state index is -0.447. The smallest absolute Gasteiger partial charge is 0.407 e. The summed E-state index contributed by atoms with van der Waals surface area (Å²) in [5.41, 5.74) is 1.84. The van der Waals surface area contributed by atoms with E-state index in [1.807, 2.05) is 27.7 Å². The number of thiazole rings is 1. The van der Waals surface area contributed by atoms with Crippen LogP contribution in [-0.2, 0) is 11.3 Å². The number of hydrogen-bond donors (Lipinski definition) is 2. The van der Waals surface area contributed by atoms with Crippen molar-refractivity contribution in [3.8, 4) is 0 Å². The summed E-state index contributed by atoms with van der Waals surface area (Å²) in [5, 5.41) is 8.51. The molecule has 0 saturated heterocycles. The lowest BCUT2D eigenvalue weighted by atomic mass is 9.87. The maximum absolute atomic E-state index is 11.7. The van der Waals surface area contributed by atoms with Gasteiger partial charge in [-0.05, 0) is 40.5 Å². The molecule has 1 aliphatic carbocycles. The molecule has 2 heterocycles. The molecule has 7 heteroatoms. The van der Waals surface area contributed by atoms with Crippen molar-refractivity contribution in [3.63, 3.8) is 0 Å². The Bertz CT molecular complexity index is 695. The van der Waals surface area contributed by atoms with Crippen LogP contribution in [0, 0.1) is 6.92 Å². The standard InChI is InChI=1S/C16H24N4O2S/c1-10-13(20-5-6-23-14(20)18-10)9-17-11-7-12(8-11)19-15(21)22-16(2,3)4/h5-6,11-12,17H,7-9H2,1-4H3,(H,19,21). The number of amides is 1. The Balaban J connectivity index is 1.43. The third-order valence-electron chi connectivity index (χ3n) is 3.98. The number of aromatic nitrogens is 2. The van der Waals surface area contributed by atoms with Crippen LogP contribution in [0.15, 0.2) is 11.6 Å². The second-order valence-electron chi connectivity index (χ2n) is 7.09. The number of ether oxygens (including phenoxy) is 1. The third-order valence-corrected chi connectivity index (χ3v) is 4.73. The zero-order chi connectivity index (χ0) is 16.6. The molecule has 126 valence electrons. The average Bonchev–Trinajstić information content (AvgIpc) is 2.91. The lowest BCUT2D eigenvalue weighted by Gasteiger charge is -2.36. The van der Waals surface area contributed by atoms with Crippen LogP contribution in [0.4, 0.5) is 4.79 Å². The SMILES string of the molecule is Cc1nc2sccn2c1CNC1CC(NC(=O)OC(C)(C)C)C1. The fraction of sp³-hybridized carbons (Fsp3) is 0.625. The first-order chi connectivity index (χ1) is 10.8. The minimum Gasteiger partial charge on any atom is -0.444 e. The van der Waals surface area contributed by atoms with Crippen molar-refractivity contribution in [3.05, 3.63) is 23.0 Å². The minimum absolute atomic E-state index is 0.204. The maximum atomic E-state index is 11.7. The Morgan fingerprint density at radius 1 is 1.43 bits per heavy atom. The van der Waals surface area contributed by atoms with Crippen LogP contribution in [0.1, 0.15) is 45.0 Å². The van der Waals surface area contributed by atoms with Gasteiger partial charge in [-0.1, -0.05) is 0 Å². The van der Waals surface area contributed by atoms with Crippen LogP contribution in [0.5, 0.6) is 0 Å². The van der Waals surface area contributed by atoms with E-state index in [4.69, 9.17) is 4.74 Å². The highest BCUT2D eigenvalue weighted by Crippen LogP contribution is 2.22. The molecule has 0 aliphatic heterocycles. The molecule has 0 atom stereocenters. The van der Waals surface area contributed by atoms with Gasteiger partial charge in [-0.3, -0.25) is 4.40 Å². The number of hydrogen-bond acceptors (Lipinski definition) is 5. The quantitative estimate of drug-likeness (QED) is 0.901. The number of fused-ring (bicyclic) bond motifs is 1. The summed E-state index contributed by atoms with van der Waals surface area (Å²) in [6.07, 6.45) is 3.60. The fourth-order valence-corrected chi connectivity index (χ4v) is 3.55. The monoisotopic (exact) mass is 336 g/mol. The van der Waals surface area contributed by atoms with Gasteiger partial charge < -0.3 is 15.4 Å². The Hall–Kier alpha value is -1.60. The van der Waals surface area contributed by atoms with Crippen LogP contribution in [0.2, 0.25) is 0 Å². The molecule has 6 nitrogen and oxygen atoms in total. The molecule has 0 radical (unpaired) electrons. The number of carbonyl (C=O) groups excluding carboxylic acids is 1. The topological polar surface area (TPSA) is 67.7 Å². The number of imidazole rings is 1. The molecule has 1 aliphatic rings. The second-order valence-corrected chi connectivity index (χ2v) is 7.96. The second kappa shape index (κ2) is 6.13. The highest BCUT2D eigenvalue weighted by atomic mass is 32.1. The van der Waals surface area contributed by atoms with Crippen LogP contribution in [0.3, 0.4) is 0 Å². The Morgan fingerprint density at radius 2 is 2.17 bits per heavy atom. The molecule has 2 aromatic rings. The molecule has 1 saturated carbocycles. The first-order valence-corrected chi connectivity index (χ1v) is 8.84. The van der Waals surface area contributed by atoms with Crippen molar-refractivity contribution < 1.29 is 9.53 Å². The van der Waals surface area contributed by atoms with Gasteiger partial charge in [-0.2, -0.15) is 0 Å². The Labute approximate surface area is 140 Å². The van der Waals surface area contributed by atoms with Crippen LogP contribution < -0.4 is 10.6 Å². The number of carbonyl (C=O) groups is 1.